The van der Waals surface area contributed by atoms with Gasteiger partial charge in [0, 0.05) is 10.1 Å². The van der Waals surface area contributed by atoms with Crippen LogP contribution in [0.3, 0.4) is 0 Å². The van der Waals surface area contributed by atoms with Gasteiger partial charge in [-0.15, -0.1) is 11.3 Å². The van der Waals surface area contributed by atoms with Gasteiger partial charge in [-0.1, -0.05) is 12.2 Å². The molecule has 1 unspecified atom stereocenters. The molecule has 5 heteroatoms. The van der Waals surface area contributed by atoms with E-state index in [2.05, 4.69) is 9.98 Å². The van der Waals surface area contributed by atoms with Crippen LogP contribution in [0.1, 0.15) is 11.1 Å². The third-order valence-electron chi connectivity index (χ3n) is 2.24. The monoisotopic (exact) mass is 204 g/mol. The van der Waals surface area contributed by atoms with E-state index in [1.165, 1.54) is 4.53 Å². The second-order valence-electron chi connectivity index (χ2n) is 3.14. The summed E-state index contributed by atoms with van der Waals surface area (Å²) in [5, 5.41) is 0. The zero-order valence-electron chi connectivity index (χ0n) is 7.27. The first-order valence-corrected chi connectivity index (χ1v) is 5.05. The highest BCUT2D eigenvalue weighted by molar-refractivity contribution is 7.08. The Morgan fingerprint density at radius 3 is 3.07 bits per heavy atom. The van der Waals surface area contributed by atoms with Gasteiger partial charge in [0.05, 0.1) is 5.56 Å². The fraction of sp³-hybridized carbons (Fsp3) is 0.111. The summed E-state index contributed by atoms with van der Waals surface area (Å²) in [4.78, 5) is 8.27. The number of aliphatic imine (C=N–C) groups is 1. The van der Waals surface area contributed by atoms with Crippen molar-refractivity contribution in [3.63, 3.8) is 0 Å². The van der Waals surface area contributed by atoms with Crippen LogP contribution in [0.5, 0.6) is 0 Å². The highest BCUT2D eigenvalue weighted by atomic mass is 32.1. The number of amidine groups is 1. The topological polar surface area (TPSA) is 76.8 Å². The molecule has 0 aromatic carbocycles. The molecule has 2 aliphatic rings. The summed E-state index contributed by atoms with van der Waals surface area (Å²) in [5.74, 6) is 0.500. The summed E-state index contributed by atoms with van der Waals surface area (Å²) in [7, 11) is 0. The molecule has 0 radical (unpaired) electrons. The van der Waals surface area contributed by atoms with Gasteiger partial charge < -0.3 is 5.73 Å². The Kier molecular flexibility index (Phi) is 1.42. The van der Waals surface area contributed by atoms with Gasteiger partial charge in [0.25, 0.3) is 0 Å². The van der Waals surface area contributed by atoms with Gasteiger partial charge in [-0.05, 0) is 6.08 Å². The van der Waals surface area contributed by atoms with E-state index in [1.807, 2.05) is 18.2 Å². The SMILES string of the molecule is NC1=NC(N)N=c2sc3c(c21)C=CC=3. The first-order chi connectivity index (χ1) is 6.75. The Bertz CT molecular complexity index is 579. The summed E-state index contributed by atoms with van der Waals surface area (Å²) >= 11 is 1.61. The lowest BCUT2D eigenvalue weighted by molar-refractivity contribution is 0.725. The van der Waals surface area contributed by atoms with Crippen LogP contribution in [0.4, 0.5) is 0 Å². The van der Waals surface area contributed by atoms with Crippen molar-refractivity contribution in [3.8, 4) is 0 Å². The normalized spacial score (nSPS) is 22.1. The molecule has 0 fully saturated rings. The standard InChI is InChI=1S/C9H8N4S/c10-7-6-4-2-1-3-5(4)14-8(6)13-9(11)12-7/h1-3,9H,11H2,(H2,10,12). The van der Waals surface area contributed by atoms with Crippen molar-refractivity contribution in [1.82, 2.24) is 0 Å². The third-order valence-corrected chi connectivity index (χ3v) is 3.32. The first-order valence-electron chi connectivity index (χ1n) is 4.24. The van der Waals surface area contributed by atoms with Crippen molar-refractivity contribution in [2.24, 2.45) is 21.5 Å². The molecule has 1 atom stereocenters. The number of hydrogen-bond acceptors (Lipinski definition) is 5. The molecule has 1 aliphatic carbocycles. The van der Waals surface area contributed by atoms with Gasteiger partial charge in [0.15, 0.2) is 6.29 Å². The number of fused-ring (bicyclic) bond motifs is 3. The molecular formula is C9H8N4S. The predicted molar refractivity (Wildman–Crippen MR) is 57.3 cm³/mol. The number of nitrogens with two attached hydrogens (primary N) is 2. The second-order valence-corrected chi connectivity index (χ2v) is 4.17. The zero-order valence-corrected chi connectivity index (χ0v) is 8.08. The van der Waals surface area contributed by atoms with Crippen molar-refractivity contribution in [2.75, 3.05) is 0 Å². The molecule has 0 bridgehead atoms. The number of nitrogens with zero attached hydrogens (tertiary/aromatic N) is 2. The molecule has 3 rings (SSSR count). The smallest absolute Gasteiger partial charge is 0.195 e. The molecule has 0 saturated carbocycles. The largest absolute Gasteiger partial charge is 0.383 e. The minimum absolute atomic E-state index is 0.500. The van der Waals surface area contributed by atoms with E-state index in [4.69, 9.17) is 11.5 Å². The fourth-order valence-corrected chi connectivity index (χ4v) is 2.78. The van der Waals surface area contributed by atoms with Crippen molar-refractivity contribution >= 4 is 29.3 Å². The van der Waals surface area contributed by atoms with Crippen LogP contribution >= 0.6 is 11.3 Å². The maximum atomic E-state index is 5.82. The molecule has 14 heavy (non-hydrogen) atoms. The van der Waals surface area contributed by atoms with E-state index in [9.17, 15) is 0 Å². The van der Waals surface area contributed by atoms with Crippen LogP contribution in [0.2, 0.25) is 0 Å². The van der Waals surface area contributed by atoms with Gasteiger partial charge >= 0.3 is 0 Å². The van der Waals surface area contributed by atoms with Gasteiger partial charge in [0.2, 0.25) is 0 Å². The third kappa shape index (κ3) is 0.906. The zero-order chi connectivity index (χ0) is 9.71. The Morgan fingerprint density at radius 1 is 1.36 bits per heavy atom. The predicted octanol–water partition coefficient (Wildman–Crippen LogP) is -0.864. The minimum Gasteiger partial charge on any atom is -0.383 e. The molecule has 1 aliphatic heterocycles. The average molecular weight is 204 g/mol. The van der Waals surface area contributed by atoms with Crippen LogP contribution in [0, 0.1) is 0 Å². The van der Waals surface area contributed by atoms with Crippen LogP contribution in [-0.4, -0.2) is 12.1 Å². The van der Waals surface area contributed by atoms with Crippen LogP contribution in [-0.2, 0) is 0 Å². The first kappa shape index (κ1) is 7.90. The molecule has 70 valence electrons. The molecule has 0 amide bonds. The van der Waals surface area contributed by atoms with Crippen molar-refractivity contribution in [3.05, 3.63) is 26.4 Å². The fourth-order valence-electron chi connectivity index (χ4n) is 1.66. The Hall–Kier alpha value is -1.46. The van der Waals surface area contributed by atoms with E-state index in [0.29, 0.717) is 5.84 Å². The Labute approximate surface area is 84.0 Å². The maximum Gasteiger partial charge on any atom is 0.195 e. The lowest BCUT2D eigenvalue weighted by Gasteiger charge is -2.08. The summed E-state index contributed by atoms with van der Waals surface area (Å²) in [6.07, 6.45) is 5.54. The lowest BCUT2D eigenvalue weighted by Crippen LogP contribution is -2.32. The van der Waals surface area contributed by atoms with Gasteiger partial charge in [0.1, 0.15) is 10.5 Å². The van der Waals surface area contributed by atoms with E-state index in [-0.39, 0.29) is 0 Å². The van der Waals surface area contributed by atoms with Crippen molar-refractivity contribution < 1.29 is 0 Å². The van der Waals surface area contributed by atoms with E-state index in [1.54, 1.807) is 11.3 Å². The van der Waals surface area contributed by atoms with Crippen LogP contribution < -0.4 is 20.7 Å². The number of hydrogen-bond donors (Lipinski definition) is 2. The summed E-state index contributed by atoms with van der Waals surface area (Å²) in [5.41, 5.74) is 13.5. The number of thiophene rings is 1. The number of allylic oxidation sites excluding steroid dienone is 1. The van der Waals surface area contributed by atoms with E-state index < -0.39 is 6.29 Å². The van der Waals surface area contributed by atoms with E-state index in [0.717, 1.165) is 15.8 Å². The van der Waals surface area contributed by atoms with Crippen molar-refractivity contribution in [1.29, 1.82) is 0 Å². The molecule has 1 aromatic heterocycles. The van der Waals surface area contributed by atoms with Gasteiger partial charge in [-0.25, -0.2) is 9.98 Å². The number of rotatable bonds is 0. The highest BCUT2D eigenvalue weighted by Crippen LogP contribution is 2.12. The minimum atomic E-state index is -0.537. The van der Waals surface area contributed by atoms with E-state index >= 15 is 0 Å². The molecule has 1 aromatic rings. The molecular weight excluding hydrogens is 196 g/mol. The van der Waals surface area contributed by atoms with Crippen LogP contribution in [0.15, 0.2) is 16.1 Å². The highest BCUT2D eigenvalue weighted by Gasteiger charge is 2.18. The lowest BCUT2D eigenvalue weighted by atomic mass is 10.1. The van der Waals surface area contributed by atoms with Crippen LogP contribution in [0.25, 0.3) is 12.2 Å². The van der Waals surface area contributed by atoms with Gasteiger partial charge in [-0.2, -0.15) is 0 Å². The molecule has 4 N–H and O–H groups in total. The summed E-state index contributed by atoms with van der Waals surface area (Å²) in [6, 6.07) is 0. The quantitative estimate of drug-likeness (QED) is 0.576. The Morgan fingerprint density at radius 2 is 2.21 bits per heavy atom. The summed E-state index contributed by atoms with van der Waals surface area (Å²) < 4.78 is 2.08. The molecule has 0 saturated heterocycles. The molecule has 4 nitrogen and oxygen atoms in total. The Balaban J connectivity index is 2.43. The molecule has 2 heterocycles. The van der Waals surface area contributed by atoms with Gasteiger partial charge in [-0.3, -0.25) is 5.73 Å². The van der Waals surface area contributed by atoms with Crippen molar-refractivity contribution in [2.45, 2.75) is 6.29 Å². The molecule has 0 spiro atoms. The average Bonchev–Trinajstić information content (AvgIpc) is 2.60. The second kappa shape index (κ2) is 2.52. The summed E-state index contributed by atoms with van der Waals surface area (Å²) in [6.45, 7) is 0. The maximum absolute atomic E-state index is 5.82.